The third kappa shape index (κ3) is 4.77. The van der Waals surface area contributed by atoms with Crippen LogP contribution in [-0.4, -0.2) is 33.0 Å². The van der Waals surface area contributed by atoms with Crippen LogP contribution in [0.2, 0.25) is 0 Å². The highest BCUT2D eigenvalue weighted by Gasteiger charge is 2.16. The Bertz CT molecular complexity index is 1230. The van der Waals surface area contributed by atoms with E-state index in [1.807, 2.05) is 36.6 Å². The summed E-state index contributed by atoms with van der Waals surface area (Å²) in [6, 6.07) is 14.0. The molecular formula is C22H20FN5O2S. The number of amides is 2. The lowest BCUT2D eigenvalue weighted by atomic mass is 10.1. The molecule has 4 aromatic rings. The van der Waals surface area contributed by atoms with Crippen molar-refractivity contribution in [1.29, 1.82) is 0 Å². The van der Waals surface area contributed by atoms with Crippen LogP contribution < -0.4 is 10.6 Å². The predicted octanol–water partition coefficient (Wildman–Crippen LogP) is 2.88. The first kappa shape index (κ1) is 20.7. The topological polar surface area (TPSA) is 88.4 Å². The lowest BCUT2D eigenvalue weighted by Crippen LogP contribution is -2.40. The highest BCUT2D eigenvalue weighted by molar-refractivity contribution is 7.15. The molecule has 9 heteroatoms. The second kappa shape index (κ2) is 9.05. The zero-order valence-electron chi connectivity index (χ0n) is 16.8. The average Bonchev–Trinajstić information content (AvgIpc) is 3.35. The van der Waals surface area contributed by atoms with Crippen molar-refractivity contribution in [2.45, 2.75) is 19.9 Å². The SMILES string of the molecule is Cc1ccc(CNC(=O)C(=O)NCCc2csc3nc(-c4ccccc4F)nn23)cc1. The maximum atomic E-state index is 14.0. The number of hydrogen-bond donors (Lipinski definition) is 2. The zero-order chi connectivity index (χ0) is 21.8. The van der Waals surface area contributed by atoms with Crippen LogP contribution in [0.15, 0.2) is 53.9 Å². The van der Waals surface area contributed by atoms with Crippen molar-refractivity contribution < 1.29 is 14.0 Å². The normalized spacial score (nSPS) is 10.9. The number of carbonyl (C=O) groups excluding carboxylic acids is 2. The molecule has 2 aromatic heterocycles. The molecule has 0 aliphatic carbocycles. The number of hydrogen-bond acceptors (Lipinski definition) is 5. The summed E-state index contributed by atoms with van der Waals surface area (Å²) in [7, 11) is 0. The largest absolute Gasteiger partial charge is 0.347 e. The van der Waals surface area contributed by atoms with Crippen molar-refractivity contribution in [3.8, 4) is 11.4 Å². The highest BCUT2D eigenvalue weighted by Crippen LogP contribution is 2.23. The molecule has 0 saturated heterocycles. The molecule has 0 atom stereocenters. The molecule has 0 aliphatic heterocycles. The summed E-state index contributed by atoms with van der Waals surface area (Å²) in [4.78, 5) is 29.0. The van der Waals surface area contributed by atoms with Gasteiger partial charge >= 0.3 is 11.8 Å². The van der Waals surface area contributed by atoms with E-state index >= 15 is 0 Å². The summed E-state index contributed by atoms with van der Waals surface area (Å²) in [5, 5.41) is 11.5. The van der Waals surface area contributed by atoms with Crippen molar-refractivity contribution >= 4 is 28.1 Å². The first-order chi connectivity index (χ1) is 15.0. The van der Waals surface area contributed by atoms with Gasteiger partial charge in [0.1, 0.15) is 5.82 Å². The first-order valence-electron chi connectivity index (χ1n) is 9.71. The fourth-order valence-corrected chi connectivity index (χ4v) is 3.86. The average molecular weight is 438 g/mol. The number of aromatic nitrogens is 3. The van der Waals surface area contributed by atoms with Crippen molar-refractivity contribution in [2.24, 2.45) is 0 Å². The number of aryl methyl sites for hydroxylation is 1. The predicted molar refractivity (Wildman–Crippen MR) is 116 cm³/mol. The molecule has 31 heavy (non-hydrogen) atoms. The molecule has 2 amide bonds. The molecule has 158 valence electrons. The van der Waals surface area contributed by atoms with Crippen molar-refractivity contribution in [1.82, 2.24) is 25.2 Å². The van der Waals surface area contributed by atoms with Gasteiger partial charge in [-0.2, -0.15) is 4.98 Å². The van der Waals surface area contributed by atoms with Crippen LogP contribution in [-0.2, 0) is 22.6 Å². The summed E-state index contributed by atoms with van der Waals surface area (Å²) in [6.07, 6.45) is 0.455. The summed E-state index contributed by atoms with van der Waals surface area (Å²) in [6.45, 7) is 2.53. The van der Waals surface area contributed by atoms with Gasteiger partial charge in [-0.25, -0.2) is 8.91 Å². The van der Waals surface area contributed by atoms with E-state index in [1.54, 1.807) is 22.7 Å². The monoisotopic (exact) mass is 437 g/mol. The molecule has 7 nitrogen and oxygen atoms in total. The third-order valence-electron chi connectivity index (χ3n) is 4.71. The van der Waals surface area contributed by atoms with Gasteiger partial charge in [-0.1, -0.05) is 42.0 Å². The van der Waals surface area contributed by atoms with Crippen LogP contribution in [0, 0.1) is 12.7 Å². The number of nitrogens with one attached hydrogen (secondary N) is 2. The van der Waals surface area contributed by atoms with E-state index < -0.39 is 11.8 Å². The van der Waals surface area contributed by atoms with Crippen molar-refractivity contribution in [3.63, 3.8) is 0 Å². The summed E-state index contributed by atoms with van der Waals surface area (Å²) in [5.74, 6) is -1.44. The van der Waals surface area contributed by atoms with Gasteiger partial charge in [0.15, 0.2) is 5.82 Å². The number of rotatable bonds is 6. The summed E-state index contributed by atoms with van der Waals surface area (Å²) < 4.78 is 15.6. The van der Waals surface area contributed by atoms with Gasteiger partial charge in [-0.15, -0.1) is 16.4 Å². The lowest BCUT2D eigenvalue weighted by Gasteiger charge is -2.06. The summed E-state index contributed by atoms with van der Waals surface area (Å²) >= 11 is 1.38. The van der Waals surface area contributed by atoms with E-state index in [1.165, 1.54) is 17.4 Å². The minimum absolute atomic E-state index is 0.261. The zero-order valence-corrected chi connectivity index (χ0v) is 17.6. The Hall–Kier alpha value is -3.59. The van der Waals surface area contributed by atoms with Gasteiger partial charge in [-0.05, 0) is 24.6 Å². The van der Waals surface area contributed by atoms with Gasteiger partial charge in [0.2, 0.25) is 4.96 Å². The highest BCUT2D eigenvalue weighted by atomic mass is 32.1. The first-order valence-corrected chi connectivity index (χ1v) is 10.6. The standard InChI is InChI=1S/C22H20FN5O2S/c1-14-6-8-15(9-7-14)12-25-21(30)20(29)24-11-10-16-13-31-22-26-19(27-28(16)22)17-4-2-3-5-18(17)23/h2-9,13H,10-12H2,1H3,(H,24,29)(H,25,30). The van der Waals surface area contributed by atoms with Gasteiger partial charge in [0, 0.05) is 24.9 Å². The number of halogens is 1. The van der Waals surface area contributed by atoms with Gasteiger partial charge < -0.3 is 10.6 Å². The molecule has 0 radical (unpaired) electrons. The Kier molecular flexibility index (Phi) is 6.03. The van der Waals surface area contributed by atoms with E-state index in [-0.39, 0.29) is 18.9 Å². The van der Waals surface area contributed by atoms with E-state index in [2.05, 4.69) is 20.7 Å². The molecule has 0 fully saturated rings. The number of thiazole rings is 1. The quantitative estimate of drug-likeness (QED) is 0.454. The van der Waals surface area contributed by atoms with Crippen molar-refractivity contribution in [2.75, 3.05) is 6.54 Å². The molecule has 0 aliphatic rings. The summed E-state index contributed by atoms with van der Waals surface area (Å²) in [5.41, 5.74) is 3.20. The molecule has 0 bridgehead atoms. The number of carbonyl (C=O) groups is 2. The molecule has 2 aromatic carbocycles. The lowest BCUT2D eigenvalue weighted by molar-refractivity contribution is -0.139. The molecule has 2 N–H and O–H groups in total. The Morgan fingerprint density at radius 3 is 2.58 bits per heavy atom. The molecule has 0 unspecified atom stereocenters. The smallest absolute Gasteiger partial charge is 0.309 e. The minimum Gasteiger partial charge on any atom is -0.347 e. The van der Waals surface area contributed by atoms with Crippen molar-refractivity contribution in [3.05, 3.63) is 76.5 Å². The van der Waals surface area contributed by atoms with Gasteiger partial charge in [-0.3, -0.25) is 9.59 Å². The fraction of sp³-hybridized carbons (Fsp3) is 0.182. The Morgan fingerprint density at radius 1 is 1.06 bits per heavy atom. The molecular weight excluding hydrogens is 417 g/mol. The van der Waals surface area contributed by atoms with Gasteiger partial charge in [0.05, 0.1) is 11.3 Å². The van der Waals surface area contributed by atoms with Crippen LogP contribution in [0.1, 0.15) is 16.8 Å². The molecule has 0 saturated carbocycles. The van der Waals surface area contributed by atoms with Crippen LogP contribution >= 0.6 is 11.3 Å². The van der Waals surface area contributed by atoms with E-state index in [4.69, 9.17) is 0 Å². The van der Waals surface area contributed by atoms with E-state index in [0.29, 0.717) is 22.8 Å². The Balaban J connectivity index is 1.32. The van der Waals surface area contributed by atoms with E-state index in [9.17, 15) is 14.0 Å². The minimum atomic E-state index is -0.691. The maximum Gasteiger partial charge on any atom is 0.309 e. The second-order valence-electron chi connectivity index (χ2n) is 7.01. The van der Waals surface area contributed by atoms with Crippen LogP contribution in [0.5, 0.6) is 0 Å². The van der Waals surface area contributed by atoms with Gasteiger partial charge in [0.25, 0.3) is 0 Å². The van der Waals surface area contributed by atoms with Crippen LogP contribution in [0.25, 0.3) is 16.3 Å². The van der Waals surface area contributed by atoms with Crippen LogP contribution in [0.4, 0.5) is 4.39 Å². The Morgan fingerprint density at radius 2 is 1.81 bits per heavy atom. The number of benzene rings is 2. The fourth-order valence-electron chi connectivity index (χ4n) is 3.01. The molecule has 0 spiro atoms. The molecule has 4 rings (SSSR count). The van der Waals surface area contributed by atoms with E-state index in [0.717, 1.165) is 16.8 Å². The third-order valence-corrected chi connectivity index (χ3v) is 5.58. The Labute approximate surface area is 181 Å². The van der Waals surface area contributed by atoms with Crippen LogP contribution in [0.3, 0.4) is 0 Å². The second-order valence-corrected chi connectivity index (χ2v) is 7.85. The number of fused-ring (bicyclic) bond motifs is 1. The molecule has 2 heterocycles. The number of nitrogens with zero attached hydrogens (tertiary/aromatic N) is 3. The maximum absolute atomic E-state index is 14.0.